The van der Waals surface area contributed by atoms with Crippen molar-refractivity contribution in [3.63, 3.8) is 0 Å². The van der Waals surface area contributed by atoms with E-state index in [0.717, 1.165) is 0 Å². The van der Waals surface area contributed by atoms with Crippen molar-refractivity contribution >= 4 is 23.5 Å². The minimum Gasteiger partial charge on any atom is -0.468 e. The lowest BCUT2D eigenvalue weighted by atomic mass is 10.5. The lowest BCUT2D eigenvalue weighted by molar-refractivity contribution is -0.141. The van der Waals surface area contributed by atoms with Crippen LogP contribution < -0.4 is 5.32 Å². The smallest absolute Gasteiger partial charge is 0.325 e. The molecule has 0 unspecified atom stereocenters. The molecule has 0 aromatic carbocycles. The number of carbonyl (C=O) groups excluding carboxylic acids is 2. The van der Waals surface area contributed by atoms with Crippen LogP contribution in [0.25, 0.3) is 0 Å². The summed E-state index contributed by atoms with van der Waals surface area (Å²) in [6.45, 7) is 1.61. The molecule has 16 heavy (non-hydrogen) atoms. The summed E-state index contributed by atoms with van der Waals surface area (Å²) in [7, 11) is 1.26. The number of hydrogen-bond acceptors (Lipinski definition) is 4. The average Bonchev–Trinajstić information content (AvgIpc) is 2.54. The van der Waals surface area contributed by atoms with E-state index in [0.29, 0.717) is 10.7 Å². The summed E-state index contributed by atoms with van der Waals surface area (Å²) >= 11 is 5.77. The highest BCUT2D eigenvalue weighted by molar-refractivity contribution is 6.31. The SMILES string of the molecule is COC(=O)CNC(=O)Cn1cc(Cl)c(C)n1. The third-order valence-electron chi connectivity index (χ3n) is 1.85. The van der Waals surface area contributed by atoms with Gasteiger partial charge in [-0.1, -0.05) is 11.6 Å². The number of esters is 1. The first kappa shape index (κ1) is 12.5. The molecule has 88 valence electrons. The van der Waals surface area contributed by atoms with Crippen LogP contribution in [0.3, 0.4) is 0 Å². The molecule has 1 aromatic rings. The first-order chi connectivity index (χ1) is 7.52. The third-order valence-corrected chi connectivity index (χ3v) is 2.22. The molecular formula is C9H12ClN3O3. The monoisotopic (exact) mass is 245 g/mol. The van der Waals surface area contributed by atoms with Crippen molar-refractivity contribution in [1.82, 2.24) is 15.1 Å². The van der Waals surface area contributed by atoms with Crippen LogP contribution in [0.4, 0.5) is 0 Å². The summed E-state index contributed by atoms with van der Waals surface area (Å²) < 4.78 is 5.78. The van der Waals surface area contributed by atoms with Crippen LogP contribution in [-0.4, -0.2) is 35.3 Å². The van der Waals surface area contributed by atoms with Crippen LogP contribution >= 0.6 is 11.6 Å². The van der Waals surface area contributed by atoms with Crippen LogP contribution in [0, 0.1) is 6.92 Å². The summed E-state index contributed by atoms with van der Waals surface area (Å²) in [6.07, 6.45) is 1.55. The fourth-order valence-electron chi connectivity index (χ4n) is 1.02. The Labute approximate surface area is 97.5 Å². The molecule has 1 aromatic heterocycles. The van der Waals surface area contributed by atoms with Gasteiger partial charge in [0.25, 0.3) is 0 Å². The van der Waals surface area contributed by atoms with E-state index in [2.05, 4.69) is 15.2 Å². The fourth-order valence-corrected chi connectivity index (χ4v) is 1.17. The third kappa shape index (κ3) is 3.54. The summed E-state index contributed by atoms with van der Waals surface area (Å²) in [5.41, 5.74) is 0.655. The van der Waals surface area contributed by atoms with Gasteiger partial charge in [-0.3, -0.25) is 14.3 Å². The van der Waals surface area contributed by atoms with E-state index < -0.39 is 5.97 Å². The van der Waals surface area contributed by atoms with E-state index in [9.17, 15) is 9.59 Å². The van der Waals surface area contributed by atoms with E-state index >= 15 is 0 Å². The van der Waals surface area contributed by atoms with E-state index in [1.165, 1.54) is 11.8 Å². The van der Waals surface area contributed by atoms with Crippen molar-refractivity contribution < 1.29 is 14.3 Å². The molecule has 0 bridgehead atoms. The number of nitrogens with zero attached hydrogens (tertiary/aromatic N) is 2. The summed E-state index contributed by atoms with van der Waals surface area (Å²) in [5, 5.41) is 6.90. The Morgan fingerprint density at radius 3 is 2.81 bits per heavy atom. The second-order valence-corrected chi connectivity index (χ2v) is 3.52. The maximum Gasteiger partial charge on any atom is 0.325 e. The van der Waals surface area contributed by atoms with Crippen molar-refractivity contribution in [1.29, 1.82) is 0 Å². The number of halogens is 1. The van der Waals surface area contributed by atoms with Crippen LogP contribution in [0.2, 0.25) is 5.02 Å². The summed E-state index contributed by atoms with van der Waals surface area (Å²) in [6, 6.07) is 0. The Morgan fingerprint density at radius 2 is 2.31 bits per heavy atom. The molecule has 1 N–H and O–H groups in total. The molecule has 1 heterocycles. The molecule has 0 spiro atoms. The number of rotatable bonds is 4. The zero-order chi connectivity index (χ0) is 12.1. The van der Waals surface area contributed by atoms with E-state index in [1.807, 2.05) is 0 Å². The Kier molecular flexibility index (Phi) is 4.30. The molecule has 6 nitrogen and oxygen atoms in total. The molecule has 0 saturated heterocycles. The van der Waals surface area contributed by atoms with Crippen molar-refractivity contribution in [3.8, 4) is 0 Å². The number of ether oxygens (including phenoxy) is 1. The fraction of sp³-hybridized carbons (Fsp3) is 0.444. The van der Waals surface area contributed by atoms with Crippen LogP contribution in [0.1, 0.15) is 5.69 Å². The van der Waals surface area contributed by atoms with Crippen LogP contribution in [-0.2, 0) is 20.9 Å². The normalized spacial score (nSPS) is 9.94. The van der Waals surface area contributed by atoms with E-state index in [4.69, 9.17) is 11.6 Å². The minimum absolute atomic E-state index is 0.0184. The van der Waals surface area contributed by atoms with Crippen molar-refractivity contribution in [2.45, 2.75) is 13.5 Å². The first-order valence-electron chi connectivity index (χ1n) is 4.56. The maximum atomic E-state index is 11.3. The molecular weight excluding hydrogens is 234 g/mol. The zero-order valence-electron chi connectivity index (χ0n) is 8.99. The van der Waals surface area contributed by atoms with E-state index in [1.54, 1.807) is 13.1 Å². The average molecular weight is 246 g/mol. The van der Waals surface area contributed by atoms with Crippen LogP contribution in [0.15, 0.2) is 6.20 Å². The number of carbonyl (C=O) groups is 2. The van der Waals surface area contributed by atoms with Crippen molar-refractivity contribution in [2.24, 2.45) is 0 Å². The molecule has 7 heteroatoms. The van der Waals surface area contributed by atoms with Gasteiger partial charge >= 0.3 is 5.97 Å². The Morgan fingerprint density at radius 1 is 1.62 bits per heavy atom. The van der Waals surface area contributed by atoms with Crippen molar-refractivity contribution in [2.75, 3.05) is 13.7 Å². The second kappa shape index (κ2) is 5.50. The predicted octanol–water partition coefficient (Wildman–Crippen LogP) is 0.134. The van der Waals surface area contributed by atoms with E-state index in [-0.39, 0.29) is 19.0 Å². The molecule has 0 atom stereocenters. The largest absolute Gasteiger partial charge is 0.468 e. The van der Waals surface area contributed by atoms with Gasteiger partial charge < -0.3 is 10.1 Å². The highest BCUT2D eigenvalue weighted by Gasteiger charge is 2.08. The maximum absolute atomic E-state index is 11.3. The van der Waals surface area contributed by atoms with Gasteiger partial charge in [0, 0.05) is 6.20 Å². The van der Waals surface area contributed by atoms with Gasteiger partial charge in [-0.2, -0.15) is 5.10 Å². The molecule has 0 saturated carbocycles. The number of methoxy groups -OCH3 is 1. The number of hydrogen-bond donors (Lipinski definition) is 1. The molecule has 0 aliphatic heterocycles. The summed E-state index contributed by atoms with van der Waals surface area (Å²) in [4.78, 5) is 22.1. The molecule has 0 aliphatic carbocycles. The Hall–Kier alpha value is -1.56. The topological polar surface area (TPSA) is 73.2 Å². The quantitative estimate of drug-likeness (QED) is 0.766. The second-order valence-electron chi connectivity index (χ2n) is 3.11. The van der Waals surface area contributed by atoms with Gasteiger partial charge in [0.15, 0.2) is 0 Å². The molecule has 1 rings (SSSR count). The number of nitrogens with one attached hydrogen (secondary N) is 1. The van der Waals surface area contributed by atoms with Crippen LogP contribution in [0.5, 0.6) is 0 Å². The van der Waals surface area contributed by atoms with Gasteiger partial charge in [-0.05, 0) is 6.92 Å². The molecule has 1 amide bonds. The Bertz CT molecular complexity index is 383. The van der Waals surface area contributed by atoms with Gasteiger partial charge in [0.2, 0.25) is 5.91 Å². The highest BCUT2D eigenvalue weighted by atomic mass is 35.5. The van der Waals surface area contributed by atoms with Gasteiger partial charge in [0.1, 0.15) is 13.1 Å². The standard InChI is InChI=1S/C9H12ClN3O3/c1-6-7(10)4-13(12-6)5-8(14)11-3-9(15)16-2/h4H,3,5H2,1-2H3,(H,11,14). The van der Waals surface area contributed by atoms with Gasteiger partial charge in [0.05, 0.1) is 17.8 Å². The molecule has 0 aliphatic rings. The number of amides is 1. The summed E-state index contributed by atoms with van der Waals surface area (Å²) in [5.74, 6) is -0.826. The van der Waals surface area contributed by atoms with Gasteiger partial charge in [-0.25, -0.2) is 0 Å². The Balaban J connectivity index is 2.42. The lowest BCUT2D eigenvalue weighted by Gasteiger charge is -2.03. The van der Waals surface area contributed by atoms with Crippen molar-refractivity contribution in [3.05, 3.63) is 16.9 Å². The lowest BCUT2D eigenvalue weighted by Crippen LogP contribution is -2.32. The predicted molar refractivity (Wildman–Crippen MR) is 57.0 cm³/mol. The number of aryl methyl sites for hydroxylation is 1. The molecule has 0 fully saturated rings. The molecule has 0 radical (unpaired) electrons. The minimum atomic E-state index is -0.497. The van der Waals surface area contributed by atoms with Gasteiger partial charge in [-0.15, -0.1) is 0 Å². The first-order valence-corrected chi connectivity index (χ1v) is 4.93. The zero-order valence-corrected chi connectivity index (χ0v) is 9.74. The highest BCUT2D eigenvalue weighted by Crippen LogP contribution is 2.11. The number of aromatic nitrogens is 2.